The lowest BCUT2D eigenvalue weighted by Gasteiger charge is -2.44. The highest BCUT2D eigenvalue weighted by atomic mass is 32.1. The third-order valence-electron chi connectivity index (χ3n) is 10.8. The quantitative estimate of drug-likeness (QED) is 0.0699. The van der Waals surface area contributed by atoms with Gasteiger partial charge in [-0.3, -0.25) is 9.48 Å². The average molecular weight is 683 g/mol. The fraction of sp³-hybridized carbons (Fsp3) is 0.191. The van der Waals surface area contributed by atoms with Crippen LogP contribution < -0.4 is 21.9 Å². The van der Waals surface area contributed by atoms with Crippen LogP contribution in [0.25, 0.3) is 11.1 Å². The third kappa shape index (κ3) is 7.82. The Hall–Kier alpha value is -5.06. The van der Waals surface area contributed by atoms with Crippen LogP contribution in [0.4, 0.5) is 0 Å². The van der Waals surface area contributed by atoms with Crippen LogP contribution in [0.3, 0.4) is 0 Å². The second-order valence-electron chi connectivity index (χ2n) is 13.9. The molecule has 2 nitrogen and oxygen atoms in total. The monoisotopic (exact) mass is 682 g/mol. The van der Waals surface area contributed by atoms with Crippen LogP contribution in [0.15, 0.2) is 176 Å². The number of benzene rings is 6. The largest absolute Gasteiger partial charge is 0.266 e. The Morgan fingerprint density at radius 3 is 1.41 bits per heavy atom. The van der Waals surface area contributed by atoms with E-state index in [1.54, 1.807) is 0 Å². The lowest BCUT2D eigenvalue weighted by molar-refractivity contribution is -0.538. The van der Waals surface area contributed by atoms with Gasteiger partial charge >= 0.3 is 0 Å². The van der Waals surface area contributed by atoms with Crippen LogP contribution in [0.2, 0.25) is 0 Å². The predicted octanol–water partition coefficient (Wildman–Crippen LogP) is 7.83. The highest BCUT2D eigenvalue weighted by Crippen LogP contribution is 2.21. The fourth-order valence-electron chi connectivity index (χ4n) is 8.27. The molecule has 2 heterocycles. The molecule has 0 radical (unpaired) electrons. The SMILES string of the molecule is S=C(CN1CCC[N+]2=C1CCCCC2)c1ccc(-c2ccccc2)cc1.c1ccc([B-](c2ccccc2)(c2ccccc2)c2ccccc2)cc1. The minimum absolute atomic E-state index is 0.881. The zero-order chi connectivity index (χ0) is 34.7. The molecule has 2 aliphatic heterocycles. The Balaban J connectivity index is 0.000000159. The Morgan fingerprint density at radius 2 is 0.922 bits per heavy atom. The van der Waals surface area contributed by atoms with E-state index in [1.807, 2.05) is 0 Å². The van der Waals surface area contributed by atoms with Crippen molar-refractivity contribution in [3.05, 3.63) is 181 Å². The molecule has 2 aliphatic rings. The first-order valence-electron chi connectivity index (χ1n) is 18.7. The van der Waals surface area contributed by atoms with Gasteiger partial charge in [0.05, 0.1) is 24.5 Å². The summed E-state index contributed by atoms with van der Waals surface area (Å²) in [6.07, 6.45) is 5.27. The molecule has 0 aromatic heterocycles. The summed E-state index contributed by atoms with van der Waals surface area (Å²) in [5, 5.41) is 0. The second kappa shape index (κ2) is 16.8. The molecule has 0 atom stereocenters. The first-order chi connectivity index (χ1) is 25.2. The number of hydrogen-bond acceptors (Lipinski definition) is 2. The number of rotatable bonds is 8. The van der Waals surface area contributed by atoms with E-state index in [0.717, 1.165) is 18.0 Å². The van der Waals surface area contributed by atoms with Crippen molar-refractivity contribution in [1.29, 1.82) is 0 Å². The van der Waals surface area contributed by atoms with Crippen molar-refractivity contribution in [3.8, 4) is 11.1 Å². The maximum atomic E-state index is 5.82. The molecule has 6 aromatic carbocycles. The summed E-state index contributed by atoms with van der Waals surface area (Å²) in [6.45, 7) is 4.48. The van der Waals surface area contributed by atoms with Gasteiger partial charge in [-0.05, 0) is 36.0 Å². The van der Waals surface area contributed by atoms with E-state index in [9.17, 15) is 0 Å². The molecule has 0 amide bonds. The maximum absolute atomic E-state index is 5.82. The Morgan fingerprint density at radius 1 is 0.490 bits per heavy atom. The summed E-state index contributed by atoms with van der Waals surface area (Å²) in [5.74, 6) is 1.54. The number of amidine groups is 1. The molecule has 254 valence electrons. The molecule has 0 spiro atoms. The van der Waals surface area contributed by atoms with Crippen molar-refractivity contribution in [2.24, 2.45) is 0 Å². The fourth-order valence-corrected chi connectivity index (χ4v) is 8.56. The van der Waals surface area contributed by atoms with Crippen LogP contribution in [0, 0.1) is 0 Å². The van der Waals surface area contributed by atoms with Crippen molar-refractivity contribution in [2.75, 3.05) is 26.2 Å². The Labute approximate surface area is 310 Å². The molecule has 0 saturated heterocycles. The molecule has 51 heavy (non-hydrogen) atoms. The normalized spacial score (nSPS) is 14.5. The van der Waals surface area contributed by atoms with Gasteiger partial charge < -0.3 is 0 Å². The van der Waals surface area contributed by atoms with E-state index in [-0.39, 0.29) is 0 Å². The van der Waals surface area contributed by atoms with E-state index < -0.39 is 6.15 Å². The van der Waals surface area contributed by atoms with Crippen molar-refractivity contribution in [3.63, 3.8) is 0 Å². The molecule has 0 unspecified atom stereocenters. The van der Waals surface area contributed by atoms with Crippen LogP contribution in [0.1, 0.15) is 37.7 Å². The summed E-state index contributed by atoms with van der Waals surface area (Å²) in [7, 11) is 0. The smallest absolute Gasteiger partial charge is 0.247 e. The highest BCUT2D eigenvalue weighted by Gasteiger charge is 2.31. The van der Waals surface area contributed by atoms with Gasteiger partial charge in [0, 0.05) is 12.8 Å². The standard InChI is InChI=1S/C24H20B.C23H27N2S/c1-5-13-21(14-6-1)25(22-15-7-2-8-16-22,23-17-9-3-10-18-23)24-19-11-4-12-20-24;26-22(18-25-17-7-16-24-15-6-2-5-10-23(24)25)21-13-11-20(12-14-21)19-8-3-1-4-9-19/h1-20H;1,3-4,8-9,11-14H,2,5-7,10,15-18H2/q-1;+1. The van der Waals surface area contributed by atoms with Crippen molar-refractivity contribution >= 4 is 50.9 Å². The van der Waals surface area contributed by atoms with Gasteiger partial charge in [0.2, 0.25) is 5.84 Å². The Kier molecular flexibility index (Phi) is 11.3. The van der Waals surface area contributed by atoms with Crippen molar-refractivity contribution in [1.82, 2.24) is 4.90 Å². The lowest BCUT2D eigenvalue weighted by Crippen LogP contribution is -2.74. The zero-order valence-electron chi connectivity index (χ0n) is 29.5. The Bertz CT molecular complexity index is 1850. The molecule has 0 N–H and O–H groups in total. The first kappa shape index (κ1) is 34.4. The van der Waals surface area contributed by atoms with Crippen LogP contribution in [0.5, 0.6) is 0 Å². The first-order valence-corrected chi connectivity index (χ1v) is 19.1. The third-order valence-corrected chi connectivity index (χ3v) is 11.1. The summed E-state index contributed by atoms with van der Waals surface area (Å²) in [5.41, 5.74) is 9.05. The number of hydrogen-bond donors (Lipinski definition) is 0. The van der Waals surface area contributed by atoms with Crippen molar-refractivity contribution < 1.29 is 4.58 Å². The molecule has 6 aromatic rings. The van der Waals surface area contributed by atoms with Gasteiger partial charge in [0.1, 0.15) is 12.7 Å². The summed E-state index contributed by atoms with van der Waals surface area (Å²) in [6, 6.07) is 62.8. The van der Waals surface area contributed by atoms with Gasteiger partial charge in [-0.15, -0.1) is 0 Å². The van der Waals surface area contributed by atoms with Gasteiger partial charge in [0.15, 0.2) is 0 Å². The lowest BCUT2D eigenvalue weighted by atomic mass is 9.13. The molecule has 0 aliphatic carbocycles. The predicted molar refractivity (Wildman–Crippen MR) is 223 cm³/mol. The van der Waals surface area contributed by atoms with Crippen LogP contribution in [-0.2, 0) is 0 Å². The van der Waals surface area contributed by atoms with E-state index >= 15 is 0 Å². The maximum Gasteiger partial charge on any atom is 0.247 e. The van der Waals surface area contributed by atoms with Gasteiger partial charge in [-0.2, -0.15) is 21.9 Å². The van der Waals surface area contributed by atoms with E-state index in [4.69, 9.17) is 12.2 Å². The molecular weight excluding hydrogens is 635 g/mol. The summed E-state index contributed by atoms with van der Waals surface area (Å²) >= 11 is 5.82. The number of nitrogens with zero attached hydrogens (tertiary/aromatic N) is 2. The molecule has 8 rings (SSSR count). The van der Waals surface area contributed by atoms with Gasteiger partial charge in [-0.1, -0.05) is 188 Å². The average Bonchev–Trinajstić information content (AvgIpc) is 3.47. The summed E-state index contributed by atoms with van der Waals surface area (Å²) < 4.78 is 2.61. The van der Waals surface area contributed by atoms with E-state index in [1.165, 1.54) is 89.6 Å². The molecular formula is C47H47BN2S. The van der Waals surface area contributed by atoms with Gasteiger partial charge in [-0.25, -0.2) is 0 Å². The topological polar surface area (TPSA) is 6.25 Å². The highest BCUT2D eigenvalue weighted by molar-refractivity contribution is 7.81. The molecule has 4 heteroatoms. The molecule has 0 saturated carbocycles. The molecule has 0 fully saturated rings. The number of thiocarbonyl (C=S) groups is 1. The minimum atomic E-state index is -1.22. The molecule has 0 bridgehead atoms. The minimum Gasteiger partial charge on any atom is -0.266 e. The second-order valence-corrected chi connectivity index (χ2v) is 14.4. The van der Waals surface area contributed by atoms with E-state index in [0.29, 0.717) is 0 Å². The summed E-state index contributed by atoms with van der Waals surface area (Å²) in [4.78, 5) is 3.60. The van der Waals surface area contributed by atoms with Crippen LogP contribution >= 0.6 is 12.2 Å². The van der Waals surface area contributed by atoms with Crippen molar-refractivity contribution in [2.45, 2.75) is 32.1 Å². The van der Waals surface area contributed by atoms with Crippen LogP contribution in [-0.4, -0.2) is 52.5 Å². The van der Waals surface area contributed by atoms with Gasteiger partial charge in [0.25, 0.3) is 0 Å². The zero-order valence-corrected chi connectivity index (χ0v) is 30.3. The van der Waals surface area contributed by atoms with E-state index in [2.05, 4.69) is 185 Å².